The molecule has 0 aromatic heterocycles. The summed E-state index contributed by atoms with van der Waals surface area (Å²) in [4.78, 5) is 27.3. The Morgan fingerprint density at radius 2 is 1.58 bits per heavy atom. The largest absolute Gasteiger partial charge is 0.365 e. The highest BCUT2D eigenvalue weighted by atomic mass is 16.8. The van der Waals surface area contributed by atoms with Crippen molar-refractivity contribution in [3.05, 3.63) is 76.7 Å². The van der Waals surface area contributed by atoms with Gasteiger partial charge in [-0.05, 0) is 17.7 Å². The van der Waals surface area contributed by atoms with Crippen molar-refractivity contribution in [2.24, 2.45) is 5.29 Å². The molecule has 2 rings (SSSR count). The zero-order chi connectivity index (χ0) is 13.5. The number of benzene rings is 2. The van der Waals surface area contributed by atoms with Crippen LogP contribution in [0.4, 0.5) is 0 Å². The van der Waals surface area contributed by atoms with E-state index in [0.717, 1.165) is 10.7 Å². The summed E-state index contributed by atoms with van der Waals surface area (Å²) in [6, 6.07) is 17.6. The molecule has 0 spiro atoms. The Hall–Kier alpha value is -2.69. The van der Waals surface area contributed by atoms with Crippen LogP contribution in [0.1, 0.15) is 15.9 Å². The van der Waals surface area contributed by atoms with Gasteiger partial charge in [0.05, 0.1) is 10.8 Å². The Balaban J connectivity index is 2.00. The van der Waals surface area contributed by atoms with Crippen LogP contribution in [0.3, 0.4) is 0 Å². The summed E-state index contributed by atoms with van der Waals surface area (Å²) in [5, 5.41) is 3.42. The molecule has 5 nitrogen and oxygen atoms in total. The molecule has 2 aromatic carbocycles. The Morgan fingerprint density at radius 1 is 1.00 bits per heavy atom. The van der Waals surface area contributed by atoms with Crippen molar-refractivity contribution in [2.45, 2.75) is 6.54 Å². The average molecular weight is 256 g/mol. The maximum Gasteiger partial charge on any atom is 0.365 e. The van der Waals surface area contributed by atoms with Crippen molar-refractivity contribution in [1.29, 1.82) is 0 Å². The molecule has 0 N–H and O–H groups in total. The lowest BCUT2D eigenvalue weighted by atomic mass is 10.2. The summed E-state index contributed by atoms with van der Waals surface area (Å²) in [6.45, 7) is 0.114. The van der Waals surface area contributed by atoms with E-state index in [1.165, 1.54) is 0 Å². The van der Waals surface area contributed by atoms with Crippen molar-refractivity contribution in [1.82, 2.24) is 5.17 Å². The van der Waals surface area contributed by atoms with Crippen LogP contribution in [0, 0.1) is 4.91 Å². The van der Waals surface area contributed by atoms with Crippen LogP contribution in [0.2, 0.25) is 0 Å². The zero-order valence-electron chi connectivity index (χ0n) is 10.1. The van der Waals surface area contributed by atoms with Crippen molar-refractivity contribution >= 4 is 5.97 Å². The number of hydrogen-bond acceptors (Lipinski definition) is 4. The normalized spacial score (nSPS) is 9.68. The van der Waals surface area contributed by atoms with Crippen molar-refractivity contribution in [3.63, 3.8) is 0 Å². The van der Waals surface area contributed by atoms with Gasteiger partial charge in [-0.15, -0.1) is 4.91 Å². The van der Waals surface area contributed by atoms with Crippen molar-refractivity contribution < 1.29 is 9.63 Å². The Bertz CT molecular complexity index is 543. The van der Waals surface area contributed by atoms with E-state index >= 15 is 0 Å². The molecular formula is C14H12N2O3. The molecule has 96 valence electrons. The summed E-state index contributed by atoms with van der Waals surface area (Å²) in [7, 11) is 0. The van der Waals surface area contributed by atoms with E-state index in [9.17, 15) is 9.70 Å². The van der Waals surface area contributed by atoms with Crippen LogP contribution >= 0.6 is 0 Å². The minimum atomic E-state index is -0.615. The second-order valence-electron chi connectivity index (χ2n) is 3.82. The van der Waals surface area contributed by atoms with Crippen LogP contribution < -0.4 is 0 Å². The highest BCUT2D eigenvalue weighted by Gasteiger charge is 2.13. The maximum atomic E-state index is 11.7. The Labute approximate surface area is 110 Å². The maximum absolute atomic E-state index is 11.7. The van der Waals surface area contributed by atoms with E-state index in [1.54, 1.807) is 30.3 Å². The van der Waals surface area contributed by atoms with E-state index < -0.39 is 5.97 Å². The van der Waals surface area contributed by atoms with Crippen LogP contribution in [-0.2, 0) is 11.4 Å². The van der Waals surface area contributed by atoms with E-state index in [-0.39, 0.29) is 6.54 Å². The third-order valence-corrected chi connectivity index (χ3v) is 2.45. The summed E-state index contributed by atoms with van der Waals surface area (Å²) in [5.74, 6) is -0.615. The van der Waals surface area contributed by atoms with Crippen molar-refractivity contribution in [3.8, 4) is 0 Å². The molecule has 0 bridgehead atoms. The average Bonchev–Trinajstić information content (AvgIpc) is 2.48. The van der Waals surface area contributed by atoms with Gasteiger partial charge in [0, 0.05) is 0 Å². The molecule has 2 aromatic rings. The SMILES string of the molecule is O=NN(Cc1ccccc1)OC(=O)c1ccccc1. The second-order valence-corrected chi connectivity index (χ2v) is 3.82. The van der Waals surface area contributed by atoms with E-state index in [4.69, 9.17) is 4.84 Å². The molecule has 0 radical (unpaired) electrons. The zero-order valence-corrected chi connectivity index (χ0v) is 10.1. The molecule has 19 heavy (non-hydrogen) atoms. The van der Waals surface area contributed by atoms with Gasteiger partial charge in [-0.1, -0.05) is 53.7 Å². The standard InChI is InChI=1S/C14H12N2O3/c17-14(13-9-5-2-6-10-13)19-16(15-18)11-12-7-3-1-4-8-12/h1-10H,11H2. The van der Waals surface area contributed by atoms with Crippen LogP contribution in [0.25, 0.3) is 0 Å². The molecule has 0 aliphatic heterocycles. The lowest BCUT2D eigenvalue weighted by molar-refractivity contribution is -0.117. The number of hydrogen-bond donors (Lipinski definition) is 0. The van der Waals surface area contributed by atoms with Gasteiger partial charge in [-0.2, -0.15) is 0 Å². The third-order valence-electron chi connectivity index (χ3n) is 2.45. The molecule has 0 heterocycles. The molecule has 0 aliphatic rings. The highest BCUT2D eigenvalue weighted by Crippen LogP contribution is 2.08. The van der Waals surface area contributed by atoms with Crippen LogP contribution in [0.5, 0.6) is 0 Å². The number of carbonyl (C=O) groups excluding carboxylic acids is 1. The number of nitroso groups, excluding NO2 is 1. The fraction of sp³-hybridized carbons (Fsp3) is 0.0714. The third kappa shape index (κ3) is 3.64. The number of carbonyl (C=O) groups is 1. The lowest BCUT2D eigenvalue weighted by Gasteiger charge is -2.13. The summed E-state index contributed by atoms with van der Waals surface area (Å²) >= 11 is 0. The topological polar surface area (TPSA) is 59.0 Å². The quantitative estimate of drug-likeness (QED) is 0.609. The lowest BCUT2D eigenvalue weighted by Crippen LogP contribution is -2.21. The van der Waals surface area contributed by atoms with Gasteiger partial charge in [0.25, 0.3) is 0 Å². The van der Waals surface area contributed by atoms with Crippen molar-refractivity contribution in [2.75, 3.05) is 0 Å². The first kappa shape index (κ1) is 12.8. The molecule has 0 amide bonds. The van der Waals surface area contributed by atoms with E-state index in [2.05, 4.69) is 5.29 Å². The fourth-order valence-electron chi connectivity index (χ4n) is 1.54. The van der Waals surface area contributed by atoms with Gasteiger partial charge >= 0.3 is 5.97 Å². The summed E-state index contributed by atoms with van der Waals surface area (Å²) in [5.41, 5.74) is 1.19. The van der Waals surface area contributed by atoms with Gasteiger partial charge in [0.2, 0.25) is 0 Å². The highest BCUT2D eigenvalue weighted by molar-refractivity contribution is 5.89. The molecule has 0 atom stereocenters. The van der Waals surface area contributed by atoms with Crippen LogP contribution in [-0.4, -0.2) is 11.1 Å². The molecule has 5 heteroatoms. The molecule has 0 aliphatic carbocycles. The minimum Gasteiger partial charge on any atom is -0.315 e. The summed E-state index contributed by atoms with van der Waals surface area (Å²) in [6.07, 6.45) is 0. The molecule has 0 saturated carbocycles. The second kappa shape index (κ2) is 6.30. The van der Waals surface area contributed by atoms with Gasteiger partial charge in [0.1, 0.15) is 6.54 Å². The smallest absolute Gasteiger partial charge is 0.315 e. The first-order valence-corrected chi connectivity index (χ1v) is 5.71. The summed E-state index contributed by atoms with van der Waals surface area (Å²) < 4.78 is 0. The first-order chi connectivity index (χ1) is 9.29. The minimum absolute atomic E-state index is 0.114. The molecule has 0 saturated heterocycles. The van der Waals surface area contributed by atoms with Gasteiger partial charge < -0.3 is 4.84 Å². The molecule has 0 unspecified atom stereocenters. The van der Waals surface area contributed by atoms with E-state index in [0.29, 0.717) is 5.56 Å². The number of nitrogens with zero attached hydrogens (tertiary/aromatic N) is 2. The molecular weight excluding hydrogens is 244 g/mol. The first-order valence-electron chi connectivity index (χ1n) is 5.71. The van der Waals surface area contributed by atoms with Gasteiger partial charge in [-0.3, -0.25) is 0 Å². The van der Waals surface area contributed by atoms with Gasteiger partial charge in [-0.25, -0.2) is 4.79 Å². The monoisotopic (exact) mass is 256 g/mol. The predicted octanol–water partition coefficient (Wildman–Crippen LogP) is 2.94. The molecule has 0 fully saturated rings. The van der Waals surface area contributed by atoms with Crippen LogP contribution in [0.15, 0.2) is 65.9 Å². The predicted molar refractivity (Wildman–Crippen MR) is 69.6 cm³/mol. The Morgan fingerprint density at radius 3 is 2.16 bits per heavy atom. The number of rotatable bonds is 5. The number of hydroxylamine groups is 1. The fourth-order valence-corrected chi connectivity index (χ4v) is 1.54. The Kier molecular flexibility index (Phi) is 4.23. The van der Waals surface area contributed by atoms with E-state index in [1.807, 2.05) is 30.3 Å². The van der Waals surface area contributed by atoms with Gasteiger partial charge in [0.15, 0.2) is 0 Å².